The molecule has 0 amide bonds. The van der Waals surface area contributed by atoms with E-state index in [2.05, 4.69) is 28.9 Å². The second kappa shape index (κ2) is 3.92. The molecule has 0 saturated carbocycles. The SMILES string of the molecule is CC(C)c1nn(C)cc1-c1cnc(N)nc1. The molecule has 0 aromatic carbocycles. The lowest BCUT2D eigenvalue weighted by Crippen LogP contribution is -1.96. The number of nitrogens with zero attached hydrogens (tertiary/aromatic N) is 4. The average molecular weight is 217 g/mol. The number of aryl methyl sites for hydroxylation is 1. The van der Waals surface area contributed by atoms with Crippen LogP contribution in [0.15, 0.2) is 18.6 Å². The molecule has 5 nitrogen and oxygen atoms in total. The Balaban J connectivity index is 2.50. The van der Waals surface area contributed by atoms with Crippen LogP contribution in [0.4, 0.5) is 5.95 Å². The average Bonchev–Trinajstić information content (AvgIpc) is 2.61. The number of anilines is 1. The molecule has 0 aliphatic rings. The van der Waals surface area contributed by atoms with E-state index >= 15 is 0 Å². The highest BCUT2D eigenvalue weighted by Gasteiger charge is 2.13. The fourth-order valence-electron chi connectivity index (χ4n) is 1.63. The maximum atomic E-state index is 5.46. The van der Waals surface area contributed by atoms with E-state index in [0.717, 1.165) is 16.8 Å². The molecular formula is C11H15N5. The van der Waals surface area contributed by atoms with Crippen molar-refractivity contribution in [3.8, 4) is 11.1 Å². The van der Waals surface area contributed by atoms with Crippen molar-refractivity contribution in [2.75, 3.05) is 5.73 Å². The lowest BCUT2D eigenvalue weighted by molar-refractivity contribution is 0.713. The Morgan fingerprint density at radius 3 is 2.44 bits per heavy atom. The van der Waals surface area contributed by atoms with Gasteiger partial charge in [-0.3, -0.25) is 4.68 Å². The van der Waals surface area contributed by atoms with E-state index in [4.69, 9.17) is 5.73 Å². The summed E-state index contributed by atoms with van der Waals surface area (Å²) in [6.45, 7) is 4.23. The maximum Gasteiger partial charge on any atom is 0.219 e. The highest BCUT2D eigenvalue weighted by Crippen LogP contribution is 2.26. The fraction of sp³-hybridized carbons (Fsp3) is 0.364. The van der Waals surface area contributed by atoms with Crippen molar-refractivity contribution in [1.82, 2.24) is 19.7 Å². The highest BCUT2D eigenvalue weighted by atomic mass is 15.3. The van der Waals surface area contributed by atoms with Gasteiger partial charge in [-0.1, -0.05) is 13.8 Å². The molecule has 2 aromatic rings. The summed E-state index contributed by atoms with van der Waals surface area (Å²) < 4.78 is 1.81. The summed E-state index contributed by atoms with van der Waals surface area (Å²) in [6, 6.07) is 0. The first-order valence-corrected chi connectivity index (χ1v) is 5.19. The van der Waals surface area contributed by atoms with Gasteiger partial charge in [-0.15, -0.1) is 0 Å². The van der Waals surface area contributed by atoms with E-state index < -0.39 is 0 Å². The third-order valence-electron chi connectivity index (χ3n) is 2.39. The van der Waals surface area contributed by atoms with Gasteiger partial charge in [0.1, 0.15) is 0 Å². The summed E-state index contributed by atoms with van der Waals surface area (Å²) in [5.41, 5.74) is 8.53. The van der Waals surface area contributed by atoms with Crippen molar-refractivity contribution < 1.29 is 0 Å². The first-order chi connectivity index (χ1) is 7.58. The summed E-state index contributed by atoms with van der Waals surface area (Å²) in [7, 11) is 1.91. The highest BCUT2D eigenvalue weighted by molar-refractivity contribution is 5.64. The zero-order valence-corrected chi connectivity index (χ0v) is 9.68. The molecule has 2 N–H and O–H groups in total. The van der Waals surface area contributed by atoms with Crippen LogP contribution in [0.1, 0.15) is 25.5 Å². The van der Waals surface area contributed by atoms with E-state index in [1.54, 1.807) is 17.1 Å². The molecule has 16 heavy (non-hydrogen) atoms. The topological polar surface area (TPSA) is 69.6 Å². The first kappa shape index (κ1) is 10.6. The summed E-state index contributed by atoms with van der Waals surface area (Å²) in [5, 5.41) is 4.44. The Kier molecular flexibility index (Phi) is 2.60. The van der Waals surface area contributed by atoms with E-state index in [0.29, 0.717) is 11.9 Å². The molecule has 2 heterocycles. The molecule has 84 valence electrons. The van der Waals surface area contributed by atoms with Gasteiger partial charge in [0.2, 0.25) is 5.95 Å². The van der Waals surface area contributed by atoms with Gasteiger partial charge in [-0.25, -0.2) is 9.97 Å². The minimum Gasteiger partial charge on any atom is -0.368 e. The van der Waals surface area contributed by atoms with Gasteiger partial charge >= 0.3 is 0 Å². The van der Waals surface area contributed by atoms with E-state index in [1.165, 1.54) is 0 Å². The van der Waals surface area contributed by atoms with Gasteiger partial charge in [0, 0.05) is 36.8 Å². The Bertz CT molecular complexity index is 484. The molecule has 2 aromatic heterocycles. The van der Waals surface area contributed by atoms with Gasteiger partial charge in [-0.05, 0) is 5.92 Å². The van der Waals surface area contributed by atoms with Crippen molar-refractivity contribution in [2.45, 2.75) is 19.8 Å². The normalized spacial score (nSPS) is 11.0. The zero-order valence-electron chi connectivity index (χ0n) is 9.68. The van der Waals surface area contributed by atoms with Crippen molar-refractivity contribution in [3.63, 3.8) is 0 Å². The molecular weight excluding hydrogens is 202 g/mol. The molecule has 0 radical (unpaired) electrons. The summed E-state index contributed by atoms with van der Waals surface area (Å²) >= 11 is 0. The minimum atomic E-state index is 0.290. The standard InChI is InChI=1S/C11H15N5/c1-7(2)10-9(6-16(3)15-10)8-4-13-11(12)14-5-8/h4-7H,1-3H3,(H2,12,13,14). The van der Waals surface area contributed by atoms with Gasteiger partial charge < -0.3 is 5.73 Å². The van der Waals surface area contributed by atoms with Crippen LogP contribution in [0, 0.1) is 0 Å². The molecule has 0 fully saturated rings. The van der Waals surface area contributed by atoms with Gasteiger partial charge in [0.25, 0.3) is 0 Å². The van der Waals surface area contributed by atoms with Crippen LogP contribution in [0.25, 0.3) is 11.1 Å². The predicted molar refractivity (Wildman–Crippen MR) is 62.7 cm³/mol. The number of hydrogen-bond acceptors (Lipinski definition) is 4. The van der Waals surface area contributed by atoms with E-state index in [1.807, 2.05) is 13.2 Å². The first-order valence-electron chi connectivity index (χ1n) is 5.19. The van der Waals surface area contributed by atoms with Crippen LogP contribution in [0.3, 0.4) is 0 Å². The van der Waals surface area contributed by atoms with Gasteiger partial charge in [0.15, 0.2) is 0 Å². The summed E-state index contributed by atoms with van der Waals surface area (Å²) in [4.78, 5) is 7.99. The lowest BCUT2D eigenvalue weighted by atomic mass is 10.0. The molecule has 0 aliphatic carbocycles. The van der Waals surface area contributed by atoms with E-state index in [-0.39, 0.29) is 0 Å². The molecule has 0 saturated heterocycles. The van der Waals surface area contributed by atoms with Crippen LogP contribution in [-0.4, -0.2) is 19.7 Å². The quantitative estimate of drug-likeness (QED) is 0.829. The smallest absolute Gasteiger partial charge is 0.219 e. The van der Waals surface area contributed by atoms with Crippen LogP contribution >= 0.6 is 0 Å². The Labute approximate surface area is 94.3 Å². The second-order valence-electron chi connectivity index (χ2n) is 4.09. The number of nitrogen functional groups attached to an aromatic ring is 1. The number of hydrogen-bond donors (Lipinski definition) is 1. The van der Waals surface area contributed by atoms with Crippen molar-refractivity contribution in [1.29, 1.82) is 0 Å². The predicted octanol–water partition coefficient (Wildman–Crippen LogP) is 1.58. The fourth-order valence-corrected chi connectivity index (χ4v) is 1.63. The van der Waals surface area contributed by atoms with Crippen molar-refractivity contribution in [3.05, 3.63) is 24.3 Å². The maximum absolute atomic E-state index is 5.46. The van der Waals surface area contributed by atoms with Crippen LogP contribution in [0.2, 0.25) is 0 Å². The molecule has 0 spiro atoms. The van der Waals surface area contributed by atoms with Gasteiger partial charge in [-0.2, -0.15) is 5.10 Å². The summed E-state index contributed by atoms with van der Waals surface area (Å²) in [5.74, 6) is 0.660. The lowest BCUT2D eigenvalue weighted by Gasteiger charge is -2.04. The van der Waals surface area contributed by atoms with E-state index in [9.17, 15) is 0 Å². The zero-order chi connectivity index (χ0) is 11.7. The Morgan fingerprint density at radius 2 is 1.88 bits per heavy atom. The third kappa shape index (κ3) is 1.88. The van der Waals surface area contributed by atoms with Crippen molar-refractivity contribution >= 4 is 5.95 Å². The van der Waals surface area contributed by atoms with Crippen molar-refractivity contribution in [2.24, 2.45) is 7.05 Å². The molecule has 0 aliphatic heterocycles. The number of aromatic nitrogens is 4. The van der Waals surface area contributed by atoms with Crippen LogP contribution < -0.4 is 5.73 Å². The molecule has 5 heteroatoms. The van der Waals surface area contributed by atoms with Crippen LogP contribution in [-0.2, 0) is 7.05 Å². The minimum absolute atomic E-state index is 0.290. The third-order valence-corrected chi connectivity index (χ3v) is 2.39. The summed E-state index contributed by atoms with van der Waals surface area (Å²) in [6.07, 6.45) is 5.43. The second-order valence-corrected chi connectivity index (χ2v) is 4.09. The molecule has 2 rings (SSSR count). The molecule has 0 bridgehead atoms. The van der Waals surface area contributed by atoms with Crippen LogP contribution in [0.5, 0.6) is 0 Å². The molecule has 0 unspecified atom stereocenters. The monoisotopic (exact) mass is 217 g/mol. The number of nitrogens with two attached hydrogens (primary N) is 1. The number of rotatable bonds is 2. The van der Waals surface area contributed by atoms with Gasteiger partial charge in [0.05, 0.1) is 5.69 Å². The molecule has 0 atom stereocenters. The Hall–Kier alpha value is -1.91. The Morgan fingerprint density at radius 1 is 1.25 bits per heavy atom. The largest absolute Gasteiger partial charge is 0.368 e.